The lowest BCUT2D eigenvalue weighted by molar-refractivity contribution is -0.0628. The number of epoxide rings is 1. The molecule has 0 unspecified atom stereocenters. The van der Waals surface area contributed by atoms with Crippen LogP contribution in [0.4, 0.5) is 4.79 Å². The Bertz CT molecular complexity index is 897. The highest BCUT2D eigenvalue weighted by Crippen LogP contribution is 2.48. The second-order valence-corrected chi connectivity index (χ2v) is 18.9. The number of nitrogens with zero attached hydrogens (tertiary/aromatic N) is 1. The molecule has 2 heterocycles. The van der Waals surface area contributed by atoms with Gasteiger partial charge < -0.3 is 14.2 Å². The first-order valence-electron chi connectivity index (χ1n) is 16.3. The molecule has 3 rings (SSSR count). The highest BCUT2D eigenvalue weighted by Gasteiger charge is 2.60. The zero-order valence-electron chi connectivity index (χ0n) is 27.0. The summed E-state index contributed by atoms with van der Waals surface area (Å²) in [4.78, 5) is 15.5. The number of hydrogen-bond donors (Lipinski definition) is 0. The van der Waals surface area contributed by atoms with E-state index in [0.717, 1.165) is 6.42 Å². The fourth-order valence-corrected chi connectivity index (χ4v) is 10.4. The van der Waals surface area contributed by atoms with Crippen LogP contribution in [-0.4, -0.2) is 55.2 Å². The molecule has 1 amide bonds. The molecule has 6 heteroatoms. The molecule has 4 atom stereocenters. The van der Waals surface area contributed by atoms with Gasteiger partial charge in [-0.05, 0) is 41.0 Å². The Balaban J connectivity index is 1.62. The molecule has 1 aromatic rings. The maximum Gasteiger partial charge on any atom is 0.412 e. The molecule has 1 aromatic carbocycles. The van der Waals surface area contributed by atoms with Gasteiger partial charge in [-0.2, -0.15) is 0 Å². The van der Waals surface area contributed by atoms with E-state index >= 15 is 0 Å². The van der Waals surface area contributed by atoms with Crippen molar-refractivity contribution in [3.8, 4) is 0 Å². The van der Waals surface area contributed by atoms with Gasteiger partial charge in [-0.15, -0.1) is 0 Å². The van der Waals surface area contributed by atoms with E-state index in [4.69, 9.17) is 14.2 Å². The minimum absolute atomic E-state index is 0.0703. The number of carbonyl (C=O) groups is 1. The summed E-state index contributed by atoms with van der Waals surface area (Å²) in [6.07, 6.45) is 16.2. The third-order valence-corrected chi connectivity index (χ3v) is 13.1. The minimum Gasteiger partial charge on any atom is -0.444 e. The number of rotatable bonds is 16. The van der Waals surface area contributed by atoms with Crippen molar-refractivity contribution >= 4 is 19.4 Å². The Labute approximate surface area is 246 Å². The highest BCUT2D eigenvalue weighted by molar-refractivity contribution is 6.91. The van der Waals surface area contributed by atoms with Gasteiger partial charge in [-0.1, -0.05) is 126 Å². The summed E-state index contributed by atoms with van der Waals surface area (Å²) in [6, 6.07) is 10.8. The molecule has 0 saturated carbocycles. The van der Waals surface area contributed by atoms with Crippen LogP contribution in [0.1, 0.15) is 119 Å². The Kier molecular flexibility index (Phi) is 12.2. The fourth-order valence-electron chi connectivity index (χ4n) is 6.65. The van der Waals surface area contributed by atoms with E-state index in [1.165, 1.54) is 75.8 Å². The first-order chi connectivity index (χ1) is 18.9. The van der Waals surface area contributed by atoms with Crippen LogP contribution in [0.5, 0.6) is 0 Å². The van der Waals surface area contributed by atoms with Crippen LogP contribution in [0.3, 0.4) is 0 Å². The molecule has 0 aliphatic carbocycles. The Hall–Kier alpha value is -1.37. The van der Waals surface area contributed by atoms with Crippen molar-refractivity contribution < 1.29 is 19.0 Å². The Morgan fingerprint density at radius 2 is 1.52 bits per heavy atom. The predicted octanol–water partition coefficient (Wildman–Crippen LogP) is 8.81. The maximum atomic E-state index is 13.6. The average Bonchev–Trinajstić information content (AvgIpc) is 3.55. The van der Waals surface area contributed by atoms with E-state index in [1.54, 1.807) is 0 Å². The summed E-state index contributed by atoms with van der Waals surface area (Å²) in [7, 11) is -2.06. The van der Waals surface area contributed by atoms with Gasteiger partial charge >= 0.3 is 6.09 Å². The topological polar surface area (TPSA) is 51.3 Å². The van der Waals surface area contributed by atoms with Crippen molar-refractivity contribution in [3.05, 3.63) is 30.3 Å². The smallest absolute Gasteiger partial charge is 0.412 e. The monoisotopic (exact) mass is 573 g/mol. The van der Waals surface area contributed by atoms with Crippen molar-refractivity contribution in [1.82, 2.24) is 4.90 Å². The molecule has 0 radical (unpaired) electrons. The summed E-state index contributed by atoms with van der Waals surface area (Å²) < 4.78 is 18.7. The highest BCUT2D eigenvalue weighted by atomic mass is 28.3. The van der Waals surface area contributed by atoms with Gasteiger partial charge in [-0.3, -0.25) is 4.90 Å². The van der Waals surface area contributed by atoms with Crippen molar-refractivity contribution in [1.29, 1.82) is 0 Å². The third-order valence-electron chi connectivity index (χ3n) is 8.94. The second kappa shape index (κ2) is 14.7. The molecule has 0 aromatic heterocycles. The number of ether oxygens (including phenoxy) is 3. The van der Waals surface area contributed by atoms with Crippen LogP contribution in [0.15, 0.2) is 30.3 Å². The zero-order chi connectivity index (χ0) is 29.4. The molecule has 0 spiro atoms. The quantitative estimate of drug-likeness (QED) is 0.113. The first-order valence-corrected chi connectivity index (χ1v) is 19.3. The van der Waals surface area contributed by atoms with Crippen molar-refractivity contribution in [3.63, 3.8) is 0 Å². The van der Waals surface area contributed by atoms with Gasteiger partial charge in [0.2, 0.25) is 0 Å². The maximum absolute atomic E-state index is 13.6. The molecule has 2 saturated heterocycles. The Morgan fingerprint density at radius 1 is 0.975 bits per heavy atom. The lowest BCUT2D eigenvalue weighted by atomic mass is 10.0. The van der Waals surface area contributed by atoms with Gasteiger partial charge in [0.15, 0.2) is 0 Å². The number of carbonyl (C=O) groups excluding carboxylic acids is 1. The van der Waals surface area contributed by atoms with Crippen LogP contribution in [0.25, 0.3) is 0 Å². The summed E-state index contributed by atoms with van der Waals surface area (Å²) in [6.45, 7) is 17.4. The van der Waals surface area contributed by atoms with Crippen LogP contribution in [0, 0.1) is 0 Å². The van der Waals surface area contributed by atoms with E-state index in [0.29, 0.717) is 6.61 Å². The molecular weight excluding hydrogens is 514 g/mol. The molecular formula is C34H59NO4Si. The van der Waals surface area contributed by atoms with Gasteiger partial charge in [0.25, 0.3) is 0 Å². The number of benzene rings is 1. The van der Waals surface area contributed by atoms with Crippen LogP contribution < -0.4 is 5.19 Å². The fraction of sp³-hybridized carbons (Fsp3) is 0.794. The second-order valence-electron chi connectivity index (χ2n) is 14.3. The molecule has 2 fully saturated rings. The van der Waals surface area contributed by atoms with Crippen LogP contribution >= 0.6 is 0 Å². The van der Waals surface area contributed by atoms with Crippen molar-refractivity contribution in [2.45, 2.75) is 167 Å². The molecule has 5 nitrogen and oxygen atoms in total. The Morgan fingerprint density at radius 3 is 2.08 bits per heavy atom. The molecule has 2 aliphatic heterocycles. The van der Waals surface area contributed by atoms with Gasteiger partial charge in [0.1, 0.15) is 11.3 Å². The summed E-state index contributed by atoms with van der Waals surface area (Å²) >= 11 is 0. The summed E-state index contributed by atoms with van der Waals surface area (Å²) in [5.74, 6) is 0. The van der Waals surface area contributed by atoms with Crippen molar-refractivity contribution in [2.75, 3.05) is 6.61 Å². The minimum atomic E-state index is -2.06. The number of unbranched alkanes of at least 4 members (excludes halogenated alkanes) is 10. The van der Waals surface area contributed by atoms with Gasteiger partial charge in [0, 0.05) is 5.54 Å². The molecule has 0 bridgehead atoms. The van der Waals surface area contributed by atoms with Gasteiger partial charge in [-0.25, -0.2) is 4.79 Å². The van der Waals surface area contributed by atoms with E-state index in [9.17, 15) is 4.79 Å². The van der Waals surface area contributed by atoms with Crippen molar-refractivity contribution in [2.24, 2.45) is 0 Å². The summed E-state index contributed by atoms with van der Waals surface area (Å²) in [5, 5.41) is 1.40. The lowest BCUT2D eigenvalue weighted by Gasteiger charge is -2.42. The van der Waals surface area contributed by atoms with E-state index < -0.39 is 19.4 Å². The predicted molar refractivity (Wildman–Crippen MR) is 169 cm³/mol. The average molecular weight is 574 g/mol. The molecule has 40 heavy (non-hydrogen) atoms. The SMILES string of the molecule is CCCCCCCCCCCCC[C@H]1O[C@@H]1[C@@H]([C@@H]1COC(C)(C)N1C(=O)OC(C)(C)C)[Si](C)(C)c1ccccc1. The van der Waals surface area contributed by atoms with E-state index in [2.05, 4.69) is 50.3 Å². The molecule has 0 N–H and O–H groups in total. The normalized spacial score (nSPS) is 23.3. The first kappa shape index (κ1) is 33.1. The number of hydrogen-bond acceptors (Lipinski definition) is 4. The zero-order valence-corrected chi connectivity index (χ0v) is 28.0. The van der Waals surface area contributed by atoms with E-state index in [1.807, 2.05) is 39.5 Å². The lowest BCUT2D eigenvalue weighted by Crippen LogP contribution is -2.59. The number of amides is 1. The molecule has 2 aliphatic rings. The standard InChI is InChI=1S/C34H59NO4Si/c1-9-10-11-12-13-14-15-16-17-18-22-25-29-30(38-29)31(40(7,8)27-23-20-19-21-24-27)28-26-37-34(5,6)35(28)32(36)39-33(2,3)4/h19-21,23-24,28-31H,9-18,22,25-26H2,1-8H3/t28-,29+,30-,31+/m0/s1. The van der Waals surface area contributed by atoms with Gasteiger partial charge in [0.05, 0.1) is 32.9 Å². The van der Waals surface area contributed by atoms with Crippen LogP contribution in [0.2, 0.25) is 18.6 Å². The largest absolute Gasteiger partial charge is 0.444 e. The van der Waals surface area contributed by atoms with E-state index in [-0.39, 0.29) is 29.9 Å². The molecule has 228 valence electrons. The summed E-state index contributed by atoms with van der Waals surface area (Å²) in [5.41, 5.74) is -1.05. The van der Waals surface area contributed by atoms with Crippen LogP contribution in [-0.2, 0) is 14.2 Å². The third kappa shape index (κ3) is 9.32.